The van der Waals surface area contributed by atoms with E-state index in [1.54, 1.807) is 19.2 Å². The summed E-state index contributed by atoms with van der Waals surface area (Å²) in [7, 11) is 1.31. The van der Waals surface area contributed by atoms with Crippen LogP contribution in [-0.4, -0.2) is 95.8 Å². The van der Waals surface area contributed by atoms with E-state index in [-0.39, 0.29) is 53.1 Å². The van der Waals surface area contributed by atoms with E-state index < -0.39 is 63.9 Å². The number of β-lactam (4-membered cyclic amide) rings is 1. The number of H-pyrrole nitrogens is 1. The maximum absolute atomic E-state index is 14.9. The van der Waals surface area contributed by atoms with Crippen LogP contribution in [0.25, 0.3) is 0 Å². The molecule has 17 nitrogen and oxygen atoms in total. The standard InChI is InChI=1S/C56H50N8O9S3/c1-55(2)71-31-40(73-55)30-63-47(60-61-49(66)51(63)68)42(74)29-36-32-75-52-44(50(67)64(52)45(36)53(69)72-46(34-19-9-4-10-20-34)35-21-11-5-12-22-35)58-48(65)43(62-70-3)41-33-76-54(57-41)59-56(37-23-13-6-14-24-37,38-25-15-7-16-26-38)39-27-17-8-18-28-39/h4-28,33,40,44,46,52H,29-32H2,1-3H3,(H,57,59)(H,58,65)(H,61,66). The summed E-state index contributed by atoms with van der Waals surface area (Å²) < 4.78 is 19.2. The molecule has 7 aromatic rings. The van der Waals surface area contributed by atoms with Crippen LogP contribution in [0.4, 0.5) is 5.13 Å². The molecule has 20 heteroatoms. The lowest BCUT2D eigenvalue weighted by Crippen LogP contribution is -2.71. The zero-order chi connectivity index (χ0) is 53.0. The number of esters is 1. The maximum Gasteiger partial charge on any atom is 0.356 e. The predicted molar refractivity (Wildman–Crippen MR) is 292 cm³/mol. The fraction of sp³-hybridized carbons (Fsp3) is 0.232. The Hall–Kier alpha value is -7.88. The summed E-state index contributed by atoms with van der Waals surface area (Å²) in [5.74, 6) is -2.98. The van der Waals surface area contributed by atoms with E-state index in [1.165, 1.54) is 35.1 Å². The van der Waals surface area contributed by atoms with Crippen molar-refractivity contribution >= 4 is 68.8 Å². The summed E-state index contributed by atoms with van der Waals surface area (Å²) in [6, 6.07) is 47.3. The van der Waals surface area contributed by atoms with Crippen LogP contribution in [0.15, 0.2) is 183 Å². The van der Waals surface area contributed by atoms with Gasteiger partial charge in [0.25, 0.3) is 11.8 Å². The maximum atomic E-state index is 14.9. The Morgan fingerprint density at radius 2 is 1.43 bits per heavy atom. The first-order chi connectivity index (χ1) is 36.8. The topological polar surface area (TPSA) is 208 Å². The molecule has 0 saturated carbocycles. The summed E-state index contributed by atoms with van der Waals surface area (Å²) >= 11 is 8.51. The van der Waals surface area contributed by atoms with Gasteiger partial charge in [0.1, 0.15) is 41.6 Å². The third-order valence-electron chi connectivity index (χ3n) is 13.1. The average molecular weight is 1080 g/mol. The third kappa shape index (κ3) is 10.4. The number of nitrogens with one attached hydrogen (secondary N) is 3. The Balaban J connectivity index is 0.947. The molecule has 3 atom stereocenters. The molecule has 3 aliphatic heterocycles. The Kier molecular flexibility index (Phi) is 15.0. The number of hydrogen-bond acceptors (Lipinski definition) is 16. The van der Waals surface area contributed by atoms with Gasteiger partial charge in [-0.1, -0.05) is 169 Å². The normalized spacial score (nSPS) is 18.2. The predicted octanol–water partition coefficient (Wildman–Crippen LogP) is 7.09. The first-order valence-electron chi connectivity index (χ1n) is 24.2. The minimum atomic E-state index is -1.13. The van der Waals surface area contributed by atoms with E-state index in [0.717, 1.165) is 21.3 Å². The Bertz CT molecular complexity index is 3330. The van der Waals surface area contributed by atoms with Crippen molar-refractivity contribution < 1.29 is 33.4 Å². The van der Waals surface area contributed by atoms with Gasteiger partial charge in [-0.3, -0.25) is 28.6 Å². The second kappa shape index (κ2) is 22.1. The zero-order valence-electron chi connectivity index (χ0n) is 41.3. The number of fused-ring (bicyclic) bond motifs is 1. The molecule has 2 amide bonds. The molecular weight excluding hydrogens is 1020 g/mol. The van der Waals surface area contributed by atoms with Crippen molar-refractivity contribution in [3.63, 3.8) is 0 Å². The van der Waals surface area contributed by atoms with Gasteiger partial charge in [-0.25, -0.2) is 14.9 Å². The molecule has 2 saturated heterocycles. The van der Waals surface area contributed by atoms with Crippen LogP contribution in [0.1, 0.15) is 65.7 Å². The zero-order valence-corrected chi connectivity index (χ0v) is 43.7. The lowest BCUT2D eigenvalue weighted by Gasteiger charge is -2.49. The number of thiocarbonyl (C=S) groups is 1. The number of carbonyl (C=O) groups excluding carboxylic acids is 3. The van der Waals surface area contributed by atoms with E-state index in [2.05, 4.69) is 26.0 Å². The number of nitrogens with zero attached hydrogens (tertiary/aromatic N) is 5. The molecular formula is C56H50N8O9S3. The van der Waals surface area contributed by atoms with Gasteiger partial charge >= 0.3 is 17.1 Å². The van der Waals surface area contributed by atoms with Crippen LogP contribution < -0.4 is 21.8 Å². The number of amides is 2. The highest BCUT2D eigenvalue weighted by molar-refractivity contribution is 8.00. The molecule has 5 heterocycles. The SMILES string of the molecule is CON=C(C(=O)NC1C(=O)N2C(C(=O)OC(c3ccccc3)c3ccccc3)=C(CC(=S)c3n[nH]c(=O)c(=O)n3CC3COC(C)(C)O3)CSC12)c1csc(NC(c2ccccc2)(c2ccccc2)c2ccccc2)n1. The summed E-state index contributed by atoms with van der Waals surface area (Å²) in [6.45, 7) is 3.53. The van der Waals surface area contributed by atoms with Crippen molar-refractivity contribution in [2.45, 2.75) is 61.8 Å². The highest BCUT2D eigenvalue weighted by Crippen LogP contribution is 2.44. The highest BCUT2D eigenvalue weighted by atomic mass is 32.2. The van der Waals surface area contributed by atoms with Crippen molar-refractivity contribution in [1.29, 1.82) is 0 Å². The number of benzene rings is 5. The molecule has 2 fully saturated rings. The fourth-order valence-corrected chi connectivity index (χ4v) is 12.0. The Morgan fingerprint density at radius 1 is 0.868 bits per heavy atom. The van der Waals surface area contributed by atoms with Gasteiger partial charge in [0, 0.05) is 17.6 Å². The number of ether oxygens (including phenoxy) is 3. The number of carbonyl (C=O) groups is 3. The average Bonchev–Trinajstić information content (AvgIpc) is 4.07. The van der Waals surface area contributed by atoms with Crippen LogP contribution in [0, 0.1) is 0 Å². The number of hydrogen-bond donors (Lipinski definition) is 3. The molecule has 3 aliphatic rings. The second-order valence-electron chi connectivity index (χ2n) is 18.4. The molecule has 0 aliphatic carbocycles. The molecule has 10 rings (SSSR count). The quantitative estimate of drug-likeness (QED) is 0.0115. The highest BCUT2D eigenvalue weighted by Gasteiger charge is 2.55. The fourth-order valence-electron chi connectivity index (χ4n) is 9.58. The Morgan fingerprint density at radius 3 is 1.97 bits per heavy atom. The number of aromatic amines is 1. The molecule has 3 unspecified atom stereocenters. The van der Waals surface area contributed by atoms with Crippen molar-refractivity contribution in [2.75, 3.05) is 24.8 Å². The van der Waals surface area contributed by atoms with E-state index >= 15 is 0 Å². The summed E-state index contributed by atoms with van der Waals surface area (Å²) in [5.41, 5.74) is 1.75. The molecule has 2 aromatic heterocycles. The minimum absolute atomic E-state index is 0.0250. The second-order valence-corrected chi connectivity index (χ2v) is 20.9. The third-order valence-corrected chi connectivity index (χ3v) is 15.5. The van der Waals surface area contributed by atoms with E-state index in [0.29, 0.717) is 21.8 Å². The van der Waals surface area contributed by atoms with E-state index in [1.807, 2.05) is 152 Å². The van der Waals surface area contributed by atoms with Gasteiger partial charge in [-0.05, 0) is 47.2 Å². The summed E-state index contributed by atoms with van der Waals surface area (Å²) in [4.78, 5) is 81.6. The Labute approximate surface area is 450 Å². The monoisotopic (exact) mass is 1070 g/mol. The molecule has 3 N–H and O–H groups in total. The summed E-state index contributed by atoms with van der Waals surface area (Å²) in [6.07, 6.45) is -1.63. The van der Waals surface area contributed by atoms with Gasteiger partial charge < -0.3 is 29.7 Å². The number of anilines is 1. The van der Waals surface area contributed by atoms with Crippen molar-refractivity contribution in [2.24, 2.45) is 5.16 Å². The first kappa shape index (κ1) is 51.6. The van der Waals surface area contributed by atoms with Crippen molar-refractivity contribution in [3.05, 3.63) is 228 Å². The lowest BCUT2D eigenvalue weighted by molar-refractivity contribution is -0.154. The molecule has 0 bridgehead atoms. The lowest BCUT2D eigenvalue weighted by atomic mass is 9.77. The molecule has 0 radical (unpaired) electrons. The number of thiazole rings is 1. The number of rotatable bonds is 18. The minimum Gasteiger partial charge on any atom is -0.448 e. The van der Waals surface area contributed by atoms with E-state index in [9.17, 15) is 24.0 Å². The van der Waals surface area contributed by atoms with Gasteiger partial charge in [0.05, 0.1) is 18.0 Å². The summed E-state index contributed by atoms with van der Waals surface area (Å²) in [5, 5.41) is 18.5. The largest absolute Gasteiger partial charge is 0.448 e. The number of oxime groups is 1. The van der Waals surface area contributed by atoms with Gasteiger partial charge in [-0.15, -0.1) is 23.1 Å². The van der Waals surface area contributed by atoms with Crippen LogP contribution in [-0.2, 0) is 45.5 Å². The number of aromatic nitrogens is 4. The smallest absolute Gasteiger partial charge is 0.356 e. The molecule has 5 aromatic carbocycles. The van der Waals surface area contributed by atoms with Crippen LogP contribution in [0.3, 0.4) is 0 Å². The van der Waals surface area contributed by atoms with Crippen LogP contribution in [0.2, 0.25) is 0 Å². The molecule has 0 spiro atoms. The van der Waals surface area contributed by atoms with E-state index in [4.69, 9.17) is 36.3 Å². The molecule has 386 valence electrons. The van der Waals surface area contributed by atoms with Crippen LogP contribution in [0.5, 0.6) is 0 Å². The number of thioether (sulfide) groups is 1. The van der Waals surface area contributed by atoms with Crippen molar-refractivity contribution in [3.8, 4) is 0 Å². The first-order valence-corrected chi connectivity index (χ1v) is 26.5. The molecule has 76 heavy (non-hydrogen) atoms. The van der Waals surface area contributed by atoms with Crippen LogP contribution >= 0.6 is 35.3 Å². The van der Waals surface area contributed by atoms with Gasteiger partial charge in [0.2, 0.25) is 0 Å². The van der Waals surface area contributed by atoms with Crippen molar-refractivity contribution in [1.82, 2.24) is 30.0 Å². The van der Waals surface area contributed by atoms with Gasteiger partial charge in [-0.2, -0.15) is 5.10 Å². The van der Waals surface area contributed by atoms with Gasteiger partial charge in [0.15, 0.2) is 28.6 Å².